The molecule has 2 bridgehead atoms. The van der Waals surface area contributed by atoms with Gasteiger partial charge < -0.3 is 15.0 Å². The lowest BCUT2D eigenvalue weighted by atomic mass is 9.89. The predicted molar refractivity (Wildman–Crippen MR) is 93.6 cm³/mol. The molecule has 130 valence electrons. The number of carbonyl (C=O) groups is 1. The summed E-state index contributed by atoms with van der Waals surface area (Å²) in [5, 5.41) is 3.67. The number of nitrogens with zero attached hydrogens (tertiary/aromatic N) is 1. The number of benzene rings is 1. The average Bonchev–Trinajstić information content (AvgIpc) is 2.94. The smallest absolute Gasteiger partial charge is 0.223 e. The molecule has 0 saturated carbocycles. The van der Waals surface area contributed by atoms with Gasteiger partial charge in [0.1, 0.15) is 0 Å². The van der Waals surface area contributed by atoms with Crippen LogP contribution < -0.4 is 5.32 Å². The summed E-state index contributed by atoms with van der Waals surface area (Å²) < 4.78 is 5.86. The Hall–Kier alpha value is -1.39. The fraction of sp³-hybridized carbons (Fsp3) is 0.650. The molecule has 4 rings (SSSR count). The molecular formula is C20H28N2O2. The molecule has 1 aromatic carbocycles. The number of amides is 1. The first-order chi connectivity index (χ1) is 11.7. The van der Waals surface area contributed by atoms with Crippen molar-refractivity contribution in [1.29, 1.82) is 0 Å². The van der Waals surface area contributed by atoms with E-state index in [0.717, 1.165) is 12.8 Å². The van der Waals surface area contributed by atoms with Crippen LogP contribution in [0.3, 0.4) is 0 Å². The molecule has 0 spiro atoms. The molecule has 3 fully saturated rings. The summed E-state index contributed by atoms with van der Waals surface area (Å²) in [5.74, 6) is 0.858. The Morgan fingerprint density at radius 1 is 1.21 bits per heavy atom. The van der Waals surface area contributed by atoms with Gasteiger partial charge in [-0.15, -0.1) is 0 Å². The zero-order chi connectivity index (χ0) is 16.5. The minimum absolute atomic E-state index is 0.0633. The van der Waals surface area contributed by atoms with Gasteiger partial charge in [-0.1, -0.05) is 30.3 Å². The fourth-order valence-corrected chi connectivity index (χ4v) is 4.74. The monoisotopic (exact) mass is 328 g/mol. The van der Waals surface area contributed by atoms with Crippen molar-refractivity contribution in [3.05, 3.63) is 35.9 Å². The molecule has 24 heavy (non-hydrogen) atoms. The van der Waals surface area contributed by atoms with Crippen LogP contribution in [0, 0.1) is 5.92 Å². The minimum atomic E-state index is 0.0633. The minimum Gasteiger partial charge on any atom is -0.374 e. The number of rotatable bonds is 3. The van der Waals surface area contributed by atoms with Crippen LogP contribution >= 0.6 is 0 Å². The van der Waals surface area contributed by atoms with Gasteiger partial charge in [-0.3, -0.25) is 4.79 Å². The molecule has 4 atom stereocenters. The molecule has 4 nitrogen and oxygen atoms in total. The number of hydrogen-bond donors (Lipinski definition) is 1. The lowest BCUT2D eigenvalue weighted by molar-refractivity contribution is -0.146. The highest BCUT2D eigenvalue weighted by atomic mass is 16.5. The second kappa shape index (κ2) is 6.85. The van der Waals surface area contributed by atoms with Gasteiger partial charge >= 0.3 is 0 Å². The largest absolute Gasteiger partial charge is 0.374 e. The van der Waals surface area contributed by atoms with E-state index in [9.17, 15) is 4.79 Å². The van der Waals surface area contributed by atoms with Crippen molar-refractivity contribution in [3.8, 4) is 0 Å². The van der Waals surface area contributed by atoms with Gasteiger partial charge in [0.15, 0.2) is 0 Å². The van der Waals surface area contributed by atoms with E-state index in [2.05, 4.69) is 29.3 Å². The first kappa shape index (κ1) is 16.1. The van der Waals surface area contributed by atoms with E-state index < -0.39 is 0 Å². The van der Waals surface area contributed by atoms with Crippen molar-refractivity contribution in [2.45, 2.75) is 63.3 Å². The second-order valence-electron chi connectivity index (χ2n) is 7.80. The number of ether oxygens (including phenoxy) is 1. The summed E-state index contributed by atoms with van der Waals surface area (Å²) >= 11 is 0. The maximum absolute atomic E-state index is 13.1. The molecule has 3 saturated heterocycles. The van der Waals surface area contributed by atoms with Gasteiger partial charge in [0.05, 0.1) is 18.8 Å². The normalized spacial score (nSPS) is 35.9. The molecule has 4 heteroatoms. The van der Waals surface area contributed by atoms with Crippen LogP contribution in [0.4, 0.5) is 0 Å². The third-order valence-corrected chi connectivity index (χ3v) is 5.91. The summed E-state index contributed by atoms with van der Waals surface area (Å²) in [7, 11) is 0. The molecule has 0 aromatic heterocycles. The Kier molecular flexibility index (Phi) is 4.59. The maximum Gasteiger partial charge on any atom is 0.223 e. The van der Waals surface area contributed by atoms with Gasteiger partial charge in [-0.05, 0) is 44.1 Å². The van der Waals surface area contributed by atoms with Crippen molar-refractivity contribution >= 4 is 5.91 Å². The van der Waals surface area contributed by atoms with Gasteiger partial charge in [-0.25, -0.2) is 0 Å². The van der Waals surface area contributed by atoms with E-state index >= 15 is 0 Å². The Balaban J connectivity index is 1.46. The molecule has 1 amide bonds. The molecule has 0 radical (unpaired) electrons. The quantitative estimate of drug-likeness (QED) is 0.928. The highest BCUT2D eigenvalue weighted by Gasteiger charge is 2.37. The summed E-state index contributed by atoms with van der Waals surface area (Å²) in [6.07, 6.45) is 5.73. The Bertz CT molecular complexity index is 564. The zero-order valence-electron chi connectivity index (χ0n) is 14.5. The Labute approximate surface area is 144 Å². The second-order valence-corrected chi connectivity index (χ2v) is 7.80. The standard InChI is InChI=1S/C20H28N2O2/c1-14-12-22(19(13-24-14)16-5-3-2-4-6-16)20(23)11-15-9-17-7-8-18(10-15)21-17/h2-6,14-15,17-19,21H,7-13H2,1H3. The van der Waals surface area contributed by atoms with Crippen LogP contribution in [-0.2, 0) is 9.53 Å². The summed E-state index contributed by atoms with van der Waals surface area (Å²) in [4.78, 5) is 15.2. The fourth-order valence-electron chi connectivity index (χ4n) is 4.74. The highest BCUT2D eigenvalue weighted by molar-refractivity contribution is 5.77. The number of carbonyl (C=O) groups excluding carboxylic acids is 1. The molecule has 1 N–H and O–H groups in total. The molecule has 1 aromatic rings. The molecule has 3 heterocycles. The van der Waals surface area contributed by atoms with E-state index in [1.54, 1.807) is 0 Å². The van der Waals surface area contributed by atoms with Crippen molar-refractivity contribution in [3.63, 3.8) is 0 Å². The van der Waals surface area contributed by atoms with Crippen molar-refractivity contribution < 1.29 is 9.53 Å². The van der Waals surface area contributed by atoms with Crippen LogP contribution in [0.15, 0.2) is 30.3 Å². The first-order valence-corrected chi connectivity index (χ1v) is 9.41. The van der Waals surface area contributed by atoms with Gasteiger partial charge in [-0.2, -0.15) is 0 Å². The van der Waals surface area contributed by atoms with E-state index in [4.69, 9.17) is 4.74 Å². The lowest BCUT2D eigenvalue weighted by Gasteiger charge is -2.40. The molecular weight excluding hydrogens is 300 g/mol. The summed E-state index contributed by atoms with van der Waals surface area (Å²) in [6.45, 7) is 3.37. The zero-order valence-corrected chi connectivity index (χ0v) is 14.5. The van der Waals surface area contributed by atoms with E-state index in [1.807, 2.05) is 18.2 Å². The van der Waals surface area contributed by atoms with Crippen LogP contribution in [0.5, 0.6) is 0 Å². The van der Waals surface area contributed by atoms with Crippen LogP contribution in [0.1, 0.15) is 50.6 Å². The van der Waals surface area contributed by atoms with Gasteiger partial charge in [0.25, 0.3) is 0 Å². The third-order valence-electron chi connectivity index (χ3n) is 5.91. The van der Waals surface area contributed by atoms with E-state index in [-0.39, 0.29) is 12.1 Å². The average molecular weight is 328 g/mol. The number of morpholine rings is 1. The SMILES string of the molecule is CC1CN(C(=O)CC2CC3CCC(C2)N3)C(c2ccccc2)CO1. The van der Waals surface area contributed by atoms with Crippen LogP contribution in [-0.4, -0.2) is 42.1 Å². The van der Waals surface area contributed by atoms with Crippen molar-refractivity contribution in [2.24, 2.45) is 5.92 Å². The summed E-state index contributed by atoms with van der Waals surface area (Å²) in [6, 6.07) is 11.7. The highest BCUT2D eigenvalue weighted by Crippen LogP contribution is 2.34. The Morgan fingerprint density at radius 3 is 2.62 bits per heavy atom. The first-order valence-electron chi connectivity index (χ1n) is 9.41. The topological polar surface area (TPSA) is 41.6 Å². The van der Waals surface area contributed by atoms with Crippen molar-refractivity contribution in [2.75, 3.05) is 13.2 Å². The number of nitrogens with one attached hydrogen (secondary N) is 1. The maximum atomic E-state index is 13.1. The van der Waals surface area contributed by atoms with E-state index in [0.29, 0.717) is 43.5 Å². The van der Waals surface area contributed by atoms with Gasteiger partial charge in [0, 0.05) is 25.0 Å². The van der Waals surface area contributed by atoms with Crippen LogP contribution in [0.2, 0.25) is 0 Å². The number of fused-ring (bicyclic) bond motifs is 2. The molecule has 3 aliphatic rings. The van der Waals surface area contributed by atoms with E-state index in [1.165, 1.54) is 18.4 Å². The number of piperidine rings is 1. The predicted octanol–water partition coefficient (Wildman–Crippen LogP) is 2.90. The van der Waals surface area contributed by atoms with Crippen LogP contribution in [0.25, 0.3) is 0 Å². The number of hydrogen-bond acceptors (Lipinski definition) is 3. The third kappa shape index (κ3) is 3.35. The lowest BCUT2D eigenvalue weighted by Crippen LogP contribution is -2.48. The molecule has 4 unspecified atom stereocenters. The molecule has 3 aliphatic heterocycles. The summed E-state index contributed by atoms with van der Waals surface area (Å²) in [5.41, 5.74) is 1.18. The van der Waals surface area contributed by atoms with Crippen molar-refractivity contribution in [1.82, 2.24) is 10.2 Å². The molecule has 0 aliphatic carbocycles. The Morgan fingerprint density at radius 2 is 1.92 bits per heavy atom. The van der Waals surface area contributed by atoms with Gasteiger partial charge in [0.2, 0.25) is 5.91 Å².